The maximum atomic E-state index is 9.41. The van der Waals surface area contributed by atoms with Gasteiger partial charge in [-0.15, -0.1) is 0 Å². The third kappa shape index (κ3) is 4.98. The van der Waals surface area contributed by atoms with E-state index in [-0.39, 0.29) is 11.9 Å². The number of phenols is 1. The van der Waals surface area contributed by atoms with Crippen molar-refractivity contribution in [2.24, 2.45) is 0 Å². The van der Waals surface area contributed by atoms with Gasteiger partial charge in [-0.25, -0.2) is 0 Å². The van der Waals surface area contributed by atoms with Crippen molar-refractivity contribution in [2.75, 3.05) is 6.61 Å². The van der Waals surface area contributed by atoms with Gasteiger partial charge >= 0.3 is 0 Å². The van der Waals surface area contributed by atoms with E-state index in [0.29, 0.717) is 11.6 Å². The molecule has 2 nitrogen and oxygen atoms in total. The van der Waals surface area contributed by atoms with E-state index in [2.05, 4.69) is 32.6 Å². The summed E-state index contributed by atoms with van der Waals surface area (Å²) in [5.74, 6) is 0.188. The van der Waals surface area contributed by atoms with Gasteiger partial charge < -0.3 is 9.84 Å². The lowest BCUT2D eigenvalue weighted by atomic mass is 9.95. The first kappa shape index (κ1) is 17.8. The Morgan fingerprint density at radius 2 is 2.22 bits per heavy atom. The van der Waals surface area contributed by atoms with Crippen LogP contribution in [0.25, 0.3) is 6.08 Å². The van der Waals surface area contributed by atoms with Crippen molar-refractivity contribution < 1.29 is 9.84 Å². The molecule has 1 aromatic rings. The number of hydrogen-bond donors (Lipinski definition) is 1. The van der Waals surface area contributed by atoms with Gasteiger partial charge in [0.05, 0.1) is 17.7 Å². The summed E-state index contributed by atoms with van der Waals surface area (Å²) < 4.78 is 5.83. The quantitative estimate of drug-likeness (QED) is 0.672. The van der Waals surface area contributed by atoms with Gasteiger partial charge in [-0.3, -0.25) is 0 Å². The maximum absolute atomic E-state index is 9.41. The van der Waals surface area contributed by atoms with Crippen molar-refractivity contribution in [1.82, 2.24) is 0 Å². The van der Waals surface area contributed by atoms with Gasteiger partial charge in [-0.1, -0.05) is 49.2 Å². The Morgan fingerprint density at radius 3 is 2.91 bits per heavy atom. The Balaban J connectivity index is 1.96. The van der Waals surface area contributed by atoms with Crippen LogP contribution in [0.5, 0.6) is 5.75 Å². The highest BCUT2D eigenvalue weighted by molar-refractivity contribution is 6.32. The third-order valence-corrected chi connectivity index (χ3v) is 4.42. The molecular formula is C20H25ClO2. The monoisotopic (exact) mass is 332 g/mol. The fourth-order valence-electron chi connectivity index (χ4n) is 2.86. The van der Waals surface area contributed by atoms with Crippen LogP contribution in [0.3, 0.4) is 0 Å². The molecule has 1 aliphatic rings. The van der Waals surface area contributed by atoms with Crippen LogP contribution >= 0.6 is 11.6 Å². The molecule has 1 atom stereocenters. The Bertz CT molecular complexity index is 629. The summed E-state index contributed by atoms with van der Waals surface area (Å²) in [6.07, 6.45) is 8.43. The van der Waals surface area contributed by atoms with Gasteiger partial charge in [-0.2, -0.15) is 0 Å². The van der Waals surface area contributed by atoms with Crippen LogP contribution in [0.2, 0.25) is 5.02 Å². The highest BCUT2D eigenvalue weighted by atomic mass is 35.5. The normalized spacial score (nSPS) is 18.1. The highest BCUT2D eigenvalue weighted by Crippen LogP contribution is 2.29. The molecule has 1 aromatic carbocycles. The minimum Gasteiger partial charge on any atom is -0.508 e. The molecule has 0 radical (unpaired) electrons. The number of allylic oxidation sites excluding steroid dienone is 1. The molecule has 0 saturated carbocycles. The average molecular weight is 333 g/mol. The van der Waals surface area contributed by atoms with E-state index in [1.165, 1.54) is 16.7 Å². The number of phenolic OH excluding ortho intramolecular Hbond substituents is 1. The van der Waals surface area contributed by atoms with E-state index in [9.17, 15) is 5.11 Å². The van der Waals surface area contributed by atoms with Crippen LogP contribution in [-0.2, 0) is 4.74 Å². The summed E-state index contributed by atoms with van der Waals surface area (Å²) in [6, 6.07) is 5.05. The van der Waals surface area contributed by atoms with Gasteiger partial charge in [0, 0.05) is 0 Å². The van der Waals surface area contributed by atoms with Gasteiger partial charge in [0.25, 0.3) is 0 Å². The van der Waals surface area contributed by atoms with Crippen molar-refractivity contribution in [3.63, 3.8) is 0 Å². The summed E-state index contributed by atoms with van der Waals surface area (Å²) in [4.78, 5) is 0. The zero-order valence-corrected chi connectivity index (χ0v) is 14.7. The lowest BCUT2D eigenvalue weighted by Crippen LogP contribution is -2.11. The summed E-state index contributed by atoms with van der Waals surface area (Å²) in [5.41, 5.74) is 4.66. The van der Waals surface area contributed by atoms with Gasteiger partial charge in [0.1, 0.15) is 5.75 Å². The largest absolute Gasteiger partial charge is 0.508 e. The van der Waals surface area contributed by atoms with E-state index in [1.54, 1.807) is 12.1 Å². The van der Waals surface area contributed by atoms with E-state index in [0.717, 1.165) is 31.2 Å². The van der Waals surface area contributed by atoms with Crippen LogP contribution in [-0.4, -0.2) is 17.8 Å². The van der Waals surface area contributed by atoms with Crippen molar-refractivity contribution in [1.29, 1.82) is 0 Å². The molecule has 1 unspecified atom stereocenters. The molecule has 1 aliphatic heterocycles. The number of aromatic hydroxyl groups is 1. The zero-order chi connectivity index (χ0) is 16.8. The van der Waals surface area contributed by atoms with E-state index in [4.69, 9.17) is 16.3 Å². The van der Waals surface area contributed by atoms with Gasteiger partial charge in [-0.05, 0) is 61.1 Å². The zero-order valence-electron chi connectivity index (χ0n) is 13.9. The summed E-state index contributed by atoms with van der Waals surface area (Å²) in [5, 5.41) is 9.98. The molecule has 2 rings (SSSR count). The summed E-state index contributed by atoms with van der Waals surface area (Å²) >= 11 is 6.15. The van der Waals surface area contributed by atoms with Crippen LogP contribution in [0, 0.1) is 0 Å². The smallest absolute Gasteiger partial charge is 0.117 e. The molecule has 0 aliphatic carbocycles. The minimum absolute atomic E-state index is 0.160. The number of rotatable bonds is 7. The lowest BCUT2D eigenvalue weighted by Gasteiger charge is -2.16. The van der Waals surface area contributed by atoms with Crippen LogP contribution in [0.15, 0.2) is 47.6 Å². The Hall–Kier alpha value is -1.51. The topological polar surface area (TPSA) is 29.5 Å². The summed E-state index contributed by atoms with van der Waals surface area (Å²) in [7, 11) is 0. The highest BCUT2D eigenvalue weighted by Gasteiger charge is 2.21. The Labute approximate surface area is 144 Å². The van der Waals surface area contributed by atoms with E-state index >= 15 is 0 Å². The molecule has 1 heterocycles. The van der Waals surface area contributed by atoms with E-state index < -0.39 is 0 Å². The first-order valence-electron chi connectivity index (χ1n) is 8.16. The molecule has 23 heavy (non-hydrogen) atoms. The fourth-order valence-corrected chi connectivity index (χ4v) is 3.09. The predicted octanol–water partition coefficient (Wildman–Crippen LogP) is 5.91. The number of halogens is 1. The molecule has 0 amide bonds. The van der Waals surface area contributed by atoms with Crippen molar-refractivity contribution in [3.05, 3.63) is 58.2 Å². The van der Waals surface area contributed by atoms with Crippen molar-refractivity contribution in [3.8, 4) is 5.75 Å². The second-order valence-corrected chi connectivity index (χ2v) is 6.48. The molecule has 0 saturated heterocycles. The SMILES string of the molecule is C=C(CCC)C1=CCOC1CC/C(C)=C/c1ccc(O)cc1Cl. The second-order valence-electron chi connectivity index (χ2n) is 6.07. The molecule has 0 fully saturated rings. The lowest BCUT2D eigenvalue weighted by molar-refractivity contribution is 0.116. The maximum Gasteiger partial charge on any atom is 0.117 e. The van der Waals surface area contributed by atoms with Crippen LogP contribution in [0.4, 0.5) is 0 Å². The molecule has 0 spiro atoms. The predicted molar refractivity (Wildman–Crippen MR) is 97.9 cm³/mol. The fraction of sp³-hybridized carbons (Fsp3) is 0.400. The molecule has 0 bridgehead atoms. The molecule has 3 heteroatoms. The Kier molecular flexibility index (Phi) is 6.49. The first-order valence-corrected chi connectivity index (χ1v) is 8.54. The number of ether oxygens (including phenoxy) is 1. The second kappa shape index (κ2) is 8.37. The standard InChI is InChI=1S/C20H25ClO2/c1-4-5-15(3)18-10-11-23-20(18)9-6-14(2)12-16-7-8-17(22)13-19(16)21/h7-8,10,12-13,20,22H,3-6,9,11H2,1-2H3/b14-12+. The van der Waals surface area contributed by atoms with Crippen molar-refractivity contribution >= 4 is 17.7 Å². The number of hydrogen-bond acceptors (Lipinski definition) is 2. The van der Waals surface area contributed by atoms with E-state index in [1.807, 2.05) is 6.07 Å². The van der Waals surface area contributed by atoms with Gasteiger partial charge in [0.15, 0.2) is 0 Å². The van der Waals surface area contributed by atoms with Crippen LogP contribution < -0.4 is 0 Å². The van der Waals surface area contributed by atoms with Gasteiger partial charge in [0.2, 0.25) is 0 Å². The van der Waals surface area contributed by atoms with Crippen LogP contribution in [0.1, 0.15) is 45.1 Å². The molecular weight excluding hydrogens is 308 g/mol. The number of benzene rings is 1. The minimum atomic E-state index is 0.160. The molecule has 124 valence electrons. The van der Waals surface area contributed by atoms with Crippen molar-refractivity contribution in [2.45, 2.75) is 45.6 Å². The first-order chi connectivity index (χ1) is 11.0. The molecule has 0 aromatic heterocycles. The summed E-state index contributed by atoms with van der Waals surface area (Å²) in [6.45, 7) is 9.15. The average Bonchev–Trinajstić information content (AvgIpc) is 2.97. The Morgan fingerprint density at radius 1 is 1.43 bits per heavy atom. The molecule has 1 N–H and O–H groups in total. The third-order valence-electron chi connectivity index (χ3n) is 4.09.